The van der Waals surface area contributed by atoms with Crippen molar-refractivity contribution in [2.45, 2.75) is 12.1 Å². The molecule has 3 aliphatic heterocycles. The quantitative estimate of drug-likeness (QED) is 0.195. The standard InChI is InChI=1S/C27H17Cl2N3O5/c28-16-11-17(29)13-19(12-16)31-26(34)21-22(27(31)35)24(25(33)15-5-3-6-18(10-15)32(36)37)30-9-8-14-4-1-2-7-20(14)23(21)30/h1-13,21-24H/t21-,22+,23-,24-/m0/s1. The van der Waals surface area contributed by atoms with Crippen molar-refractivity contribution >= 4 is 58.3 Å². The predicted octanol–water partition coefficient (Wildman–Crippen LogP) is 5.30. The molecule has 10 heteroatoms. The number of benzene rings is 3. The molecule has 0 N–H and O–H groups in total. The lowest BCUT2D eigenvalue weighted by Gasteiger charge is -2.35. The highest BCUT2D eigenvalue weighted by Gasteiger charge is 2.64. The molecule has 6 rings (SSSR count). The number of Topliss-reactive ketones (excluding diaryl/α,β-unsaturated/α-hetero) is 1. The summed E-state index contributed by atoms with van der Waals surface area (Å²) >= 11 is 12.3. The number of nitrogens with zero attached hydrogens (tertiary/aromatic N) is 3. The number of hydrogen-bond acceptors (Lipinski definition) is 6. The molecule has 2 amide bonds. The van der Waals surface area contributed by atoms with Crippen LogP contribution in [0.15, 0.2) is 72.9 Å². The van der Waals surface area contributed by atoms with E-state index in [2.05, 4.69) is 0 Å². The lowest BCUT2D eigenvalue weighted by Crippen LogP contribution is -2.44. The van der Waals surface area contributed by atoms with Crippen molar-refractivity contribution < 1.29 is 19.3 Å². The van der Waals surface area contributed by atoms with Gasteiger partial charge in [0.05, 0.1) is 28.5 Å². The van der Waals surface area contributed by atoms with Gasteiger partial charge in [-0.2, -0.15) is 0 Å². The summed E-state index contributed by atoms with van der Waals surface area (Å²) in [6.45, 7) is 0. The van der Waals surface area contributed by atoms with E-state index in [1.54, 1.807) is 11.1 Å². The van der Waals surface area contributed by atoms with Gasteiger partial charge in [0.1, 0.15) is 6.04 Å². The molecule has 184 valence electrons. The molecule has 0 saturated carbocycles. The van der Waals surface area contributed by atoms with Crippen molar-refractivity contribution in [2.75, 3.05) is 4.90 Å². The summed E-state index contributed by atoms with van der Waals surface area (Å²) in [5.41, 5.74) is 1.79. The van der Waals surface area contributed by atoms with E-state index in [0.717, 1.165) is 16.0 Å². The highest BCUT2D eigenvalue weighted by molar-refractivity contribution is 6.36. The first-order chi connectivity index (χ1) is 17.8. The highest BCUT2D eigenvalue weighted by atomic mass is 35.5. The minimum Gasteiger partial charge on any atom is -0.358 e. The average molecular weight is 534 g/mol. The Labute approximate surface area is 220 Å². The maximum Gasteiger partial charge on any atom is 0.270 e. The van der Waals surface area contributed by atoms with Crippen molar-refractivity contribution in [1.29, 1.82) is 0 Å². The molecule has 2 saturated heterocycles. The first-order valence-electron chi connectivity index (χ1n) is 11.4. The van der Waals surface area contributed by atoms with Crippen LogP contribution in [0.5, 0.6) is 0 Å². The second kappa shape index (κ2) is 8.54. The van der Waals surface area contributed by atoms with E-state index in [9.17, 15) is 24.5 Å². The molecular weight excluding hydrogens is 517 g/mol. The van der Waals surface area contributed by atoms with E-state index in [1.165, 1.54) is 42.5 Å². The Hall–Kier alpha value is -4.01. The van der Waals surface area contributed by atoms with Crippen LogP contribution in [0.1, 0.15) is 27.5 Å². The lowest BCUT2D eigenvalue weighted by atomic mass is 9.83. The highest BCUT2D eigenvalue weighted by Crippen LogP contribution is 2.54. The number of amides is 2. The van der Waals surface area contributed by atoms with Crippen LogP contribution in [-0.4, -0.2) is 33.5 Å². The SMILES string of the molecule is O=C(c1cccc([N+](=O)[O-])c1)[C@@H]1[C@@H]2C(=O)N(c3cc(Cl)cc(Cl)c3)C(=O)[C@@H]2[C@@H]2c3ccccc3C=CN12. The summed E-state index contributed by atoms with van der Waals surface area (Å²) in [7, 11) is 0. The van der Waals surface area contributed by atoms with E-state index >= 15 is 0 Å². The largest absolute Gasteiger partial charge is 0.358 e. The van der Waals surface area contributed by atoms with Gasteiger partial charge in [0, 0.05) is 33.9 Å². The number of non-ortho nitro benzene ring substituents is 1. The van der Waals surface area contributed by atoms with Gasteiger partial charge in [0.25, 0.3) is 5.69 Å². The van der Waals surface area contributed by atoms with Crippen LogP contribution in [0.2, 0.25) is 10.0 Å². The van der Waals surface area contributed by atoms with Crippen LogP contribution < -0.4 is 4.90 Å². The second-order valence-electron chi connectivity index (χ2n) is 9.14. The molecule has 3 aromatic rings. The van der Waals surface area contributed by atoms with Gasteiger partial charge in [0.2, 0.25) is 11.8 Å². The Morgan fingerprint density at radius 1 is 0.892 bits per heavy atom. The molecule has 0 aromatic heterocycles. The molecule has 0 unspecified atom stereocenters. The Bertz CT molecular complexity index is 1530. The zero-order valence-electron chi connectivity index (χ0n) is 19.0. The van der Waals surface area contributed by atoms with Gasteiger partial charge in [-0.3, -0.25) is 24.5 Å². The monoisotopic (exact) mass is 533 g/mol. The third-order valence-corrected chi connectivity index (χ3v) is 7.61. The molecule has 3 heterocycles. The van der Waals surface area contributed by atoms with E-state index in [4.69, 9.17) is 23.2 Å². The number of hydrogen-bond donors (Lipinski definition) is 0. The van der Waals surface area contributed by atoms with Gasteiger partial charge < -0.3 is 4.90 Å². The molecule has 0 bridgehead atoms. The number of nitro groups is 1. The topological polar surface area (TPSA) is 101 Å². The molecular formula is C27H17Cl2N3O5. The van der Waals surface area contributed by atoms with E-state index in [0.29, 0.717) is 0 Å². The molecule has 0 aliphatic carbocycles. The van der Waals surface area contributed by atoms with Gasteiger partial charge in [0.15, 0.2) is 5.78 Å². The number of imide groups is 1. The number of carbonyl (C=O) groups excluding carboxylic acids is 3. The van der Waals surface area contributed by atoms with E-state index in [1.807, 2.05) is 30.3 Å². The Balaban J connectivity index is 1.50. The Kier molecular flexibility index (Phi) is 5.40. The summed E-state index contributed by atoms with van der Waals surface area (Å²) < 4.78 is 0. The van der Waals surface area contributed by atoms with Crippen LogP contribution >= 0.6 is 23.2 Å². The number of ketones is 1. The minimum absolute atomic E-state index is 0.0929. The van der Waals surface area contributed by atoms with Crippen LogP contribution in [0, 0.1) is 22.0 Å². The zero-order valence-corrected chi connectivity index (χ0v) is 20.5. The van der Waals surface area contributed by atoms with Gasteiger partial charge >= 0.3 is 0 Å². The van der Waals surface area contributed by atoms with E-state index < -0.39 is 46.4 Å². The first kappa shape index (κ1) is 23.4. The van der Waals surface area contributed by atoms with E-state index in [-0.39, 0.29) is 27.0 Å². The van der Waals surface area contributed by atoms with Crippen LogP contribution in [0.4, 0.5) is 11.4 Å². The molecule has 8 nitrogen and oxygen atoms in total. The molecule has 2 fully saturated rings. The predicted molar refractivity (Wildman–Crippen MR) is 137 cm³/mol. The van der Waals surface area contributed by atoms with Crippen molar-refractivity contribution in [1.82, 2.24) is 4.90 Å². The number of nitro benzene ring substituents is 1. The fourth-order valence-corrected chi connectivity index (χ4v) is 6.24. The van der Waals surface area contributed by atoms with Crippen molar-refractivity contribution in [3.63, 3.8) is 0 Å². The first-order valence-corrected chi connectivity index (χ1v) is 12.2. The number of carbonyl (C=O) groups is 3. The third kappa shape index (κ3) is 3.55. The molecule has 3 aliphatic rings. The number of rotatable bonds is 4. The maximum absolute atomic E-state index is 13.9. The van der Waals surface area contributed by atoms with Crippen molar-refractivity contribution in [2.24, 2.45) is 11.8 Å². The van der Waals surface area contributed by atoms with Gasteiger partial charge in [-0.1, -0.05) is 59.6 Å². The summed E-state index contributed by atoms with van der Waals surface area (Å²) in [5.74, 6) is -3.35. The average Bonchev–Trinajstić information content (AvgIpc) is 3.35. The number of halogens is 2. The zero-order chi connectivity index (χ0) is 26.0. The summed E-state index contributed by atoms with van der Waals surface area (Å²) in [5, 5.41) is 11.9. The van der Waals surface area contributed by atoms with Crippen molar-refractivity contribution in [3.05, 3.63) is 110 Å². The van der Waals surface area contributed by atoms with Crippen LogP contribution in [0.25, 0.3) is 6.08 Å². The molecule has 4 atom stereocenters. The molecule has 0 radical (unpaired) electrons. The number of fused-ring (bicyclic) bond motifs is 5. The Morgan fingerprint density at radius 3 is 2.32 bits per heavy atom. The molecule has 3 aromatic carbocycles. The Morgan fingerprint density at radius 2 is 1.59 bits per heavy atom. The maximum atomic E-state index is 13.9. The third-order valence-electron chi connectivity index (χ3n) is 7.18. The lowest BCUT2D eigenvalue weighted by molar-refractivity contribution is -0.384. The van der Waals surface area contributed by atoms with Gasteiger partial charge in [-0.25, -0.2) is 4.90 Å². The fraction of sp³-hybridized carbons (Fsp3) is 0.148. The summed E-state index contributed by atoms with van der Waals surface area (Å²) in [6.07, 6.45) is 3.57. The van der Waals surface area contributed by atoms with Crippen LogP contribution in [0.3, 0.4) is 0 Å². The van der Waals surface area contributed by atoms with Gasteiger partial charge in [-0.15, -0.1) is 0 Å². The van der Waals surface area contributed by atoms with Gasteiger partial charge in [-0.05, 0) is 35.4 Å². The fourth-order valence-electron chi connectivity index (χ4n) is 5.72. The number of anilines is 1. The van der Waals surface area contributed by atoms with Crippen LogP contribution in [-0.2, 0) is 9.59 Å². The smallest absolute Gasteiger partial charge is 0.270 e. The molecule has 0 spiro atoms. The summed E-state index contributed by atoms with van der Waals surface area (Å²) in [4.78, 5) is 55.3. The second-order valence-corrected chi connectivity index (χ2v) is 10.0. The normalized spacial score (nSPS) is 23.6. The minimum atomic E-state index is -1.04. The van der Waals surface area contributed by atoms with Crippen molar-refractivity contribution in [3.8, 4) is 0 Å². The molecule has 37 heavy (non-hydrogen) atoms. The summed E-state index contributed by atoms with van der Waals surface area (Å²) in [6, 6.07) is 15.7.